The van der Waals surface area contributed by atoms with Gasteiger partial charge < -0.3 is 0 Å². The zero-order chi connectivity index (χ0) is 11.9. The summed E-state index contributed by atoms with van der Waals surface area (Å²) < 4.78 is 0. The Hall–Kier alpha value is -2.48. The van der Waals surface area contributed by atoms with E-state index in [2.05, 4.69) is 46.4 Å². The van der Waals surface area contributed by atoms with E-state index >= 15 is 0 Å². The normalized spacial score (nSPS) is 11.3. The Balaban J connectivity index is 2.27. The number of rotatable bonds is 0. The van der Waals surface area contributed by atoms with Crippen LogP contribution in [0.3, 0.4) is 0 Å². The summed E-state index contributed by atoms with van der Waals surface area (Å²) in [5.41, 5.74) is 0.945. The second-order valence-corrected chi connectivity index (χ2v) is 4.44. The van der Waals surface area contributed by atoms with Gasteiger partial charge in [0.1, 0.15) is 0 Å². The lowest BCUT2D eigenvalue weighted by molar-refractivity contribution is 1.32. The number of hydrogen-bond acceptors (Lipinski definition) is 2. The number of aromatic nitrogens is 2. The minimum absolute atomic E-state index is 0.945. The van der Waals surface area contributed by atoms with Gasteiger partial charge >= 0.3 is 0 Å². The highest BCUT2D eigenvalue weighted by molar-refractivity contribution is 6.10. The molecule has 0 aliphatic heterocycles. The van der Waals surface area contributed by atoms with Crippen LogP contribution < -0.4 is 0 Å². The minimum atomic E-state index is 0.945. The largest absolute Gasteiger partial charge is 0.262 e. The van der Waals surface area contributed by atoms with Crippen LogP contribution in [-0.2, 0) is 0 Å². The molecular formula is C16H10N2. The fraction of sp³-hybridized carbons (Fsp3) is 0. The number of hydrogen-bond donors (Lipinski definition) is 0. The third-order valence-corrected chi connectivity index (χ3v) is 3.35. The van der Waals surface area contributed by atoms with Gasteiger partial charge in [-0.1, -0.05) is 24.3 Å². The molecular weight excluding hydrogens is 220 g/mol. The molecule has 0 fully saturated rings. The molecule has 0 radical (unpaired) electrons. The average molecular weight is 230 g/mol. The van der Waals surface area contributed by atoms with E-state index in [1.807, 2.05) is 24.7 Å². The molecule has 0 unspecified atom stereocenters. The summed E-state index contributed by atoms with van der Waals surface area (Å²) in [5.74, 6) is 0. The molecule has 2 aromatic heterocycles. The molecule has 0 aliphatic carbocycles. The summed E-state index contributed by atoms with van der Waals surface area (Å²) in [6.45, 7) is 0. The summed E-state index contributed by atoms with van der Waals surface area (Å²) >= 11 is 0. The highest BCUT2D eigenvalue weighted by atomic mass is 14.7. The smallest absolute Gasteiger partial charge is 0.0891 e. The van der Waals surface area contributed by atoms with Gasteiger partial charge in [0.15, 0.2) is 0 Å². The first kappa shape index (κ1) is 9.54. The van der Waals surface area contributed by atoms with E-state index in [0.29, 0.717) is 0 Å². The molecule has 2 heteroatoms. The van der Waals surface area contributed by atoms with E-state index in [1.54, 1.807) is 0 Å². The van der Waals surface area contributed by atoms with Crippen LogP contribution in [0.1, 0.15) is 0 Å². The van der Waals surface area contributed by atoms with Gasteiger partial charge in [-0.05, 0) is 34.4 Å². The van der Waals surface area contributed by atoms with E-state index in [0.717, 1.165) is 10.9 Å². The second-order valence-electron chi connectivity index (χ2n) is 4.44. The third-order valence-electron chi connectivity index (χ3n) is 3.35. The molecule has 0 saturated heterocycles. The average Bonchev–Trinajstić information content (AvgIpc) is 2.45. The molecule has 2 nitrogen and oxygen atoms in total. The van der Waals surface area contributed by atoms with Gasteiger partial charge in [0.05, 0.1) is 11.7 Å². The molecule has 0 spiro atoms. The summed E-state index contributed by atoms with van der Waals surface area (Å²) in [6.07, 6.45) is 5.55. The molecule has 0 saturated carbocycles. The molecule has 0 N–H and O–H groups in total. The first-order valence-electron chi connectivity index (χ1n) is 5.93. The Bertz CT molecular complexity index is 875. The van der Waals surface area contributed by atoms with Crippen LogP contribution in [0.25, 0.3) is 32.4 Å². The molecule has 0 aliphatic rings. The molecule has 2 aromatic carbocycles. The van der Waals surface area contributed by atoms with E-state index < -0.39 is 0 Å². The molecule has 2 heterocycles. The van der Waals surface area contributed by atoms with Gasteiger partial charge in [-0.3, -0.25) is 9.97 Å². The standard InChI is InChI=1S/C16H10N2/c1-2-4-12-8-15-13(7-11(12)3-1)9-18-16-10-17-6-5-14(15)16/h1-10H. The maximum Gasteiger partial charge on any atom is 0.0891 e. The van der Waals surface area contributed by atoms with Crippen molar-refractivity contribution in [3.63, 3.8) is 0 Å². The Morgan fingerprint density at radius 1 is 0.722 bits per heavy atom. The third kappa shape index (κ3) is 1.29. The highest BCUT2D eigenvalue weighted by Crippen LogP contribution is 2.27. The first-order valence-corrected chi connectivity index (χ1v) is 5.93. The summed E-state index contributed by atoms with van der Waals surface area (Å²) in [6, 6.07) is 14.9. The summed E-state index contributed by atoms with van der Waals surface area (Å²) in [7, 11) is 0. The lowest BCUT2D eigenvalue weighted by Gasteiger charge is -2.05. The molecule has 0 atom stereocenters. The van der Waals surface area contributed by atoms with Crippen LogP contribution in [0.15, 0.2) is 61.1 Å². The van der Waals surface area contributed by atoms with E-state index in [9.17, 15) is 0 Å². The van der Waals surface area contributed by atoms with Gasteiger partial charge in [-0.15, -0.1) is 0 Å². The number of nitrogens with zero attached hydrogens (tertiary/aromatic N) is 2. The van der Waals surface area contributed by atoms with Gasteiger partial charge in [0.2, 0.25) is 0 Å². The zero-order valence-corrected chi connectivity index (χ0v) is 9.67. The summed E-state index contributed by atoms with van der Waals surface area (Å²) in [5, 5.41) is 6.08. The molecule has 4 aromatic rings. The van der Waals surface area contributed by atoms with Crippen LogP contribution in [0, 0.1) is 0 Å². The molecule has 0 amide bonds. The Labute approximate surface area is 104 Å². The van der Waals surface area contributed by atoms with Crippen LogP contribution in [0.4, 0.5) is 0 Å². The van der Waals surface area contributed by atoms with Crippen molar-refractivity contribution in [2.24, 2.45) is 0 Å². The van der Waals surface area contributed by atoms with Crippen molar-refractivity contribution < 1.29 is 0 Å². The molecule has 84 valence electrons. The van der Waals surface area contributed by atoms with Crippen molar-refractivity contribution in [3.8, 4) is 0 Å². The Kier molecular flexibility index (Phi) is 1.86. The van der Waals surface area contributed by atoms with Crippen molar-refractivity contribution in [1.82, 2.24) is 9.97 Å². The minimum Gasteiger partial charge on any atom is -0.262 e. The van der Waals surface area contributed by atoms with E-state index in [1.165, 1.54) is 21.5 Å². The quantitative estimate of drug-likeness (QED) is 0.338. The Morgan fingerprint density at radius 2 is 1.56 bits per heavy atom. The molecule has 18 heavy (non-hydrogen) atoms. The lowest BCUT2D eigenvalue weighted by Crippen LogP contribution is -1.83. The predicted molar refractivity (Wildman–Crippen MR) is 74.6 cm³/mol. The SMILES string of the molecule is c1ccc2cc3c(cnc4cnccc43)cc2c1. The Morgan fingerprint density at radius 3 is 2.44 bits per heavy atom. The maximum absolute atomic E-state index is 4.45. The van der Waals surface area contributed by atoms with Crippen LogP contribution in [0.5, 0.6) is 0 Å². The number of benzene rings is 2. The fourth-order valence-electron chi connectivity index (χ4n) is 2.45. The van der Waals surface area contributed by atoms with Gasteiger partial charge in [-0.2, -0.15) is 0 Å². The number of fused-ring (bicyclic) bond motifs is 4. The van der Waals surface area contributed by atoms with E-state index in [4.69, 9.17) is 0 Å². The van der Waals surface area contributed by atoms with Crippen LogP contribution >= 0.6 is 0 Å². The van der Waals surface area contributed by atoms with Gasteiger partial charge in [0, 0.05) is 23.2 Å². The maximum atomic E-state index is 4.45. The topological polar surface area (TPSA) is 25.8 Å². The van der Waals surface area contributed by atoms with Crippen molar-refractivity contribution >= 4 is 32.4 Å². The van der Waals surface area contributed by atoms with Gasteiger partial charge in [0.25, 0.3) is 0 Å². The van der Waals surface area contributed by atoms with Crippen molar-refractivity contribution in [3.05, 3.63) is 61.1 Å². The van der Waals surface area contributed by atoms with Gasteiger partial charge in [-0.25, -0.2) is 0 Å². The van der Waals surface area contributed by atoms with Crippen molar-refractivity contribution in [1.29, 1.82) is 0 Å². The van der Waals surface area contributed by atoms with Crippen LogP contribution in [0.2, 0.25) is 0 Å². The second kappa shape index (κ2) is 3.50. The fourth-order valence-corrected chi connectivity index (χ4v) is 2.45. The lowest BCUT2D eigenvalue weighted by atomic mass is 10.0. The number of pyridine rings is 2. The zero-order valence-electron chi connectivity index (χ0n) is 9.67. The predicted octanol–water partition coefficient (Wildman–Crippen LogP) is 3.94. The van der Waals surface area contributed by atoms with Crippen molar-refractivity contribution in [2.75, 3.05) is 0 Å². The molecule has 4 rings (SSSR count). The van der Waals surface area contributed by atoms with Crippen molar-refractivity contribution in [2.45, 2.75) is 0 Å². The monoisotopic (exact) mass is 230 g/mol. The molecule has 0 bridgehead atoms. The first-order chi connectivity index (χ1) is 8.92. The van der Waals surface area contributed by atoms with Crippen LogP contribution in [-0.4, -0.2) is 9.97 Å². The van der Waals surface area contributed by atoms with E-state index in [-0.39, 0.29) is 0 Å². The summed E-state index contributed by atoms with van der Waals surface area (Å²) in [4.78, 5) is 8.57. The highest BCUT2D eigenvalue weighted by Gasteiger charge is 2.03.